The summed E-state index contributed by atoms with van der Waals surface area (Å²) in [6.07, 6.45) is 0. The standard InChI is InChI=1S/C22H15ClN2O6/c23-18-11-14(4-6-17(18)20-7-5-16(12-26)30-20)24-22(27)21-9-8-19(31-21)13-2-1-3-15(10-13)25(28)29/h1-11,26H,12H2,(H,24,27). The Morgan fingerprint density at radius 2 is 1.84 bits per heavy atom. The van der Waals surface area contributed by atoms with E-state index in [2.05, 4.69) is 5.32 Å². The second-order valence-electron chi connectivity index (χ2n) is 6.54. The third-order valence-corrected chi connectivity index (χ3v) is 4.79. The van der Waals surface area contributed by atoms with Crippen LogP contribution in [-0.4, -0.2) is 15.9 Å². The molecule has 4 rings (SSSR count). The quantitative estimate of drug-likeness (QED) is 0.302. The number of nitro groups is 1. The molecule has 2 aromatic carbocycles. The average molecular weight is 439 g/mol. The number of carbonyl (C=O) groups excluding carboxylic acids is 1. The first-order valence-corrected chi connectivity index (χ1v) is 9.48. The van der Waals surface area contributed by atoms with Crippen LogP contribution in [0.3, 0.4) is 0 Å². The van der Waals surface area contributed by atoms with E-state index >= 15 is 0 Å². The first-order valence-electron chi connectivity index (χ1n) is 9.10. The van der Waals surface area contributed by atoms with Gasteiger partial charge in [-0.3, -0.25) is 14.9 Å². The van der Waals surface area contributed by atoms with Gasteiger partial charge in [0.05, 0.1) is 9.95 Å². The van der Waals surface area contributed by atoms with Gasteiger partial charge in [0, 0.05) is 28.9 Å². The van der Waals surface area contributed by atoms with Crippen molar-refractivity contribution in [1.29, 1.82) is 0 Å². The van der Waals surface area contributed by atoms with Crippen LogP contribution in [0.1, 0.15) is 16.3 Å². The van der Waals surface area contributed by atoms with Crippen LogP contribution >= 0.6 is 11.6 Å². The highest BCUT2D eigenvalue weighted by Crippen LogP contribution is 2.32. The summed E-state index contributed by atoms with van der Waals surface area (Å²) >= 11 is 6.32. The molecule has 8 nitrogen and oxygen atoms in total. The van der Waals surface area contributed by atoms with Crippen molar-refractivity contribution < 1.29 is 23.7 Å². The number of aliphatic hydroxyl groups excluding tert-OH is 1. The molecule has 9 heteroatoms. The molecule has 2 N–H and O–H groups in total. The summed E-state index contributed by atoms with van der Waals surface area (Å²) in [6, 6.07) is 17.3. The fraction of sp³-hybridized carbons (Fsp3) is 0.0455. The maximum atomic E-state index is 12.5. The van der Waals surface area contributed by atoms with Crippen molar-refractivity contribution in [2.75, 3.05) is 5.32 Å². The number of nitro benzene ring substituents is 1. The Morgan fingerprint density at radius 1 is 1.03 bits per heavy atom. The molecular weight excluding hydrogens is 424 g/mol. The highest BCUT2D eigenvalue weighted by atomic mass is 35.5. The lowest BCUT2D eigenvalue weighted by Gasteiger charge is -2.07. The molecule has 0 bridgehead atoms. The number of hydrogen-bond acceptors (Lipinski definition) is 6. The monoisotopic (exact) mass is 438 g/mol. The number of carbonyl (C=O) groups is 1. The molecule has 0 radical (unpaired) electrons. The summed E-state index contributed by atoms with van der Waals surface area (Å²) in [6.45, 7) is -0.215. The minimum absolute atomic E-state index is 0.0420. The molecule has 0 aliphatic carbocycles. The second kappa shape index (κ2) is 8.47. The second-order valence-corrected chi connectivity index (χ2v) is 6.95. The lowest BCUT2D eigenvalue weighted by atomic mass is 10.1. The van der Waals surface area contributed by atoms with Crippen LogP contribution in [0.25, 0.3) is 22.6 Å². The molecule has 2 heterocycles. The number of non-ortho nitro benzene ring substituents is 1. The molecule has 31 heavy (non-hydrogen) atoms. The number of nitrogens with one attached hydrogen (secondary N) is 1. The van der Waals surface area contributed by atoms with Crippen molar-refractivity contribution >= 4 is 28.9 Å². The van der Waals surface area contributed by atoms with Gasteiger partial charge in [-0.2, -0.15) is 0 Å². The highest BCUT2D eigenvalue weighted by Gasteiger charge is 2.16. The number of halogens is 1. The predicted molar refractivity (Wildman–Crippen MR) is 114 cm³/mol. The zero-order chi connectivity index (χ0) is 22.0. The van der Waals surface area contributed by atoms with E-state index in [4.69, 9.17) is 25.5 Å². The summed E-state index contributed by atoms with van der Waals surface area (Å²) in [7, 11) is 0. The van der Waals surface area contributed by atoms with Gasteiger partial charge in [0.2, 0.25) is 0 Å². The summed E-state index contributed by atoms with van der Waals surface area (Å²) in [5.74, 6) is 0.793. The topological polar surface area (TPSA) is 119 Å². The Morgan fingerprint density at radius 3 is 2.55 bits per heavy atom. The molecule has 0 spiro atoms. The maximum Gasteiger partial charge on any atom is 0.291 e. The van der Waals surface area contributed by atoms with Gasteiger partial charge in [0.15, 0.2) is 5.76 Å². The van der Waals surface area contributed by atoms with Crippen molar-refractivity contribution in [2.24, 2.45) is 0 Å². The number of aliphatic hydroxyl groups is 1. The Kier molecular flexibility index (Phi) is 5.57. The third kappa shape index (κ3) is 4.35. The van der Waals surface area contributed by atoms with Gasteiger partial charge >= 0.3 is 0 Å². The van der Waals surface area contributed by atoms with E-state index in [0.717, 1.165) is 0 Å². The first kappa shape index (κ1) is 20.4. The molecule has 1 amide bonds. The van der Waals surface area contributed by atoms with Crippen LogP contribution in [0.4, 0.5) is 11.4 Å². The van der Waals surface area contributed by atoms with Crippen LogP contribution in [0, 0.1) is 10.1 Å². The van der Waals surface area contributed by atoms with E-state index in [1.807, 2.05) is 0 Å². The van der Waals surface area contributed by atoms with Crippen molar-refractivity contribution in [3.05, 3.63) is 93.4 Å². The normalized spacial score (nSPS) is 10.8. The number of amides is 1. The fourth-order valence-corrected chi connectivity index (χ4v) is 3.25. The first-order chi connectivity index (χ1) is 14.9. The molecule has 156 valence electrons. The lowest BCUT2D eigenvalue weighted by molar-refractivity contribution is -0.384. The van der Waals surface area contributed by atoms with Gasteiger partial charge in [-0.1, -0.05) is 23.7 Å². The van der Waals surface area contributed by atoms with Crippen LogP contribution < -0.4 is 5.32 Å². The number of nitrogens with zero attached hydrogens (tertiary/aromatic N) is 1. The summed E-state index contributed by atoms with van der Waals surface area (Å²) < 4.78 is 11.0. The number of benzene rings is 2. The van der Waals surface area contributed by atoms with Crippen molar-refractivity contribution in [3.8, 4) is 22.6 Å². The number of hydrogen-bond donors (Lipinski definition) is 2. The van der Waals surface area contributed by atoms with Crippen LogP contribution in [-0.2, 0) is 6.61 Å². The number of anilines is 1. The molecule has 4 aromatic rings. The van der Waals surface area contributed by atoms with Gasteiger partial charge in [-0.05, 0) is 42.5 Å². The molecule has 0 unspecified atom stereocenters. The van der Waals surface area contributed by atoms with E-state index < -0.39 is 10.8 Å². The van der Waals surface area contributed by atoms with Crippen LogP contribution in [0.15, 0.2) is 75.6 Å². The third-order valence-electron chi connectivity index (χ3n) is 4.48. The van der Waals surface area contributed by atoms with E-state index in [-0.39, 0.29) is 18.1 Å². The molecule has 0 fully saturated rings. The fourth-order valence-electron chi connectivity index (χ4n) is 2.98. The minimum atomic E-state index is -0.499. The predicted octanol–water partition coefficient (Wildman–Crippen LogP) is 5.51. The zero-order valence-electron chi connectivity index (χ0n) is 15.9. The van der Waals surface area contributed by atoms with Crippen molar-refractivity contribution in [3.63, 3.8) is 0 Å². The molecule has 0 aliphatic rings. The minimum Gasteiger partial charge on any atom is -0.459 e. The smallest absolute Gasteiger partial charge is 0.291 e. The average Bonchev–Trinajstić information content (AvgIpc) is 3.44. The molecule has 2 aromatic heterocycles. The largest absolute Gasteiger partial charge is 0.459 e. The number of furan rings is 2. The SMILES string of the molecule is O=C(Nc1ccc(-c2ccc(CO)o2)c(Cl)c1)c1ccc(-c2cccc([N+](=O)[O-])c2)o1. The molecular formula is C22H15ClN2O6. The summed E-state index contributed by atoms with van der Waals surface area (Å²) in [5.41, 5.74) is 1.48. The van der Waals surface area contributed by atoms with Gasteiger partial charge in [-0.25, -0.2) is 0 Å². The van der Waals surface area contributed by atoms with Crippen molar-refractivity contribution in [2.45, 2.75) is 6.61 Å². The summed E-state index contributed by atoms with van der Waals surface area (Å²) in [4.78, 5) is 23.0. The lowest BCUT2D eigenvalue weighted by Crippen LogP contribution is -2.10. The Labute approximate surface area is 180 Å². The number of rotatable bonds is 6. The van der Waals surface area contributed by atoms with E-state index in [9.17, 15) is 14.9 Å². The van der Waals surface area contributed by atoms with Crippen LogP contribution in [0.2, 0.25) is 5.02 Å². The molecule has 0 saturated heterocycles. The Hall–Kier alpha value is -3.88. The summed E-state index contributed by atoms with van der Waals surface area (Å²) in [5, 5.41) is 23.1. The maximum absolute atomic E-state index is 12.5. The van der Waals surface area contributed by atoms with Crippen molar-refractivity contribution in [1.82, 2.24) is 0 Å². The van der Waals surface area contributed by atoms with E-state index in [1.165, 1.54) is 18.2 Å². The highest BCUT2D eigenvalue weighted by molar-refractivity contribution is 6.33. The Balaban J connectivity index is 1.51. The molecule has 0 aliphatic heterocycles. The van der Waals surface area contributed by atoms with E-state index in [0.29, 0.717) is 39.1 Å². The van der Waals surface area contributed by atoms with Gasteiger partial charge < -0.3 is 19.3 Å². The Bertz CT molecular complexity index is 1280. The van der Waals surface area contributed by atoms with Gasteiger partial charge in [0.1, 0.15) is 23.9 Å². The molecule has 0 saturated carbocycles. The van der Waals surface area contributed by atoms with Gasteiger partial charge in [-0.15, -0.1) is 0 Å². The molecule has 0 atom stereocenters. The van der Waals surface area contributed by atoms with E-state index in [1.54, 1.807) is 48.5 Å². The van der Waals surface area contributed by atoms with Gasteiger partial charge in [0.25, 0.3) is 11.6 Å². The zero-order valence-corrected chi connectivity index (χ0v) is 16.6. The van der Waals surface area contributed by atoms with Crippen LogP contribution in [0.5, 0.6) is 0 Å².